The van der Waals surface area contributed by atoms with Crippen molar-refractivity contribution in [1.82, 2.24) is 15.0 Å². The van der Waals surface area contributed by atoms with Gasteiger partial charge >= 0.3 is 6.01 Å². The fourth-order valence-electron chi connectivity index (χ4n) is 0.378. The zero-order valence-corrected chi connectivity index (χ0v) is 4.69. The van der Waals surface area contributed by atoms with Gasteiger partial charge in [0.05, 0.1) is 0 Å². The molecule has 9 heavy (non-hydrogen) atoms. The molecule has 5 heteroatoms. The first-order valence-electron chi connectivity index (χ1n) is 2.38. The molecule has 0 saturated carbocycles. The van der Waals surface area contributed by atoms with Crippen LogP contribution in [0.1, 0.15) is 0 Å². The highest BCUT2D eigenvalue weighted by molar-refractivity contribution is 4.85. The van der Waals surface area contributed by atoms with Gasteiger partial charge in [0.25, 0.3) is 0 Å². The molecule has 2 N–H and O–H groups in total. The lowest BCUT2D eigenvalue weighted by molar-refractivity contribution is 0.301. The van der Waals surface area contributed by atoms with Crippen molar-refractivity contribution in [2.24, 2.45) is 5.73 Å². The molecular weight excluding hydrogens is 120 g/mol. The van der Waals surface area contributed by atoms with Crippen LogP contribution >= 0.6 is 0 Å². The van der Waals surface area contributed by atoms with Crippen molar-refractivity contribution in [2.75, 3.05) is 6.73 Å². The Hall–Kier alpha value is -1.23. The van der Waals surface area contributed by atoms with Crippen LogP contribution in [0.25, 0.3) is 0 Å². The highest BCUT2D eigenvalue weighted by Gasteiger charge is 1.88. The van der Waals surface area contributed by atoms with Gasteiger partial charge in [-0.15, -0.1) is 0 Å². The fraction of sp³-hybridized carbons (Fsp3) is 0.250. The minimum atomic E-state index is 0.0873. The van der Waals surface area contributed by atoms with Crippen LogP contribution in [0.4, 0.5) is 0 Å². The summed E-state index contributed by atoms with van der Waals surface area (Å²) in [6, 6.07) is 0.257. The average Bonchev–Trinajstić information content (AvgIpc) is 1.91. The van der Waals surface area contributed by atoms with Crippen molar-refractivity contribution in [1.29, 1.82) is 0 Å². The zero-order valence-electron chi connectivity index (χ0n) is 4.69. The van der Waals surface area contributed by atoms with Gasteiger partial charge in [-0.25, -0.2) is 4.98 Å². The van der Waals surface area contributed by atoms with Crippen LogP contribution in [0.2, 0.25) is 0 Å². The van der Waals surface area contributed by atoms with Gasteiger partial charge in [0.2, 0.25) is 0 Å². The minimum absolute atomic E-state index is 0.0873. The van der Waals surface area contributed by atoms with Crippen molar-refractivity contribution in [2.45, 2.75) is 0 Å². The first kappa shape index (κ1) is 5.90. The van der Waals surface area contributed by atoms with Gasteiger partial charge in [0.15, 0.2) is 0 Å². The molecule has 0 aliphatic heterocycles. The van der Waals surface area contributed by atoms with Gasteiger partial charge in [0.1, 0.15) is 19.4 Å². The van der Waals surface area contributed by atoms with Crippen LogP contribution in [0.3, 0.4) is 0 Å². The lowest BCUT2D eigenvalue weighted by Crippen LogP contribution is -2.09. The summed E-state index contributed by atoms with van der Waals surface area (Å²) in [7, 11) is 0. The van der Waals surface area contributed by atoms with Crippen LogP contribution in [0.5, 0.6) is 6.01 Å². The van der Waals surface area contributed by atoms with E-state index in [0.29, 0.717) is 0 Å². The normalized spacial score (nSPS) is 9.00. The maximum absolute atomic E-state index is 5.04. The molecule has 1 aromatic heterocycles. The Bertz CT molecular complexity index is 165. The Morgan fingerprint density at radius 3 is 2.67 bits per heavy atom. The molecule has 1 heterocycles. The molecule has 0 aliphatic rings. The standard InChI is InChI=1S/C4H6N4O/c5-1-9-4-7-2-6-3-8-4/h2-3H,1,5H2. The molecule has 0 spiro atoms. The van der Waals surface area contributed by atoms with E-state index >= 15 is 0 Å². The second-order valence-electron chi connectivity index (χ2n) is 1.23. The van der Waals surface area contributed by atoms with Crippen LogP contribution in [-0.2, 0) is 0 Å². The van der Waals surface area contributed by atoms with Crippen molar-refractivity contribution in [3.63, 3.8) is 0 Å². The maximum Gasteiger partial charge on any atom is 0.320 e. The van der Waals surface area contributed by atoms with Crippen molar-refractivity contribution < 1.29 is 4.74 Å². The molecule has 0 aliphatic carbocycles. The number of rotatable bonds is 2. The van der Waals surface area contributed by atoms with Crippen LogP contribution in [-0.4, -0.2) is 21.7 Å². The molecule has 0 atom stereocenters. The van der Waals surface area contributed by atoms with Crippen LogP contribution < -0.4 is 10.5 Å². The summed E-state index contributed by atoms with van der Waals surface area (Å²) in [4.78, 5) is 10.9. The Labute approximate surface area is 51.9 Å². The van der Waals surface area contributed by atoms with Crippen molar-refractivity contribution in [3.8, 4) is 6.01 Å². The van der Waals surface area contributed by atoms with E-state index in [4.69, 9.17) is 10.5 Å². The maximum atomic E-state index is 5.04. The smallest absolute Gasteiger partial charge is 0.320 e. The summed E-state index contributed by atoms with van der Waals surface area (Å²) in [5.74, 6) is 0. The molecule has 0 saturated heterocycles. The number of nitrogens with two attached hydrogens (primary N) is 1. The second-order valence-corrected chi connectivity index (χ2v) is 1.23. The predicted octanol–water partition coefficient (Wildman–Crippen LogP) is -0.833. The summed E-state index contributed by atoms with van der Waals surface area (Å²) in [5, 5.41) is 0. The lowest BCUT2D eigenvalue weighted by atomic mass is 11.0. The Balaban J connectivity index is 2.61. The summed E-state index contributed by atoms with van der Waals surface area (Å²) in [6.07, 6.45) is 2.69. The predicted molar refractivity (Wildman–Crippen MR) is 29.5 cm³/mol. The molecular formula is C4H6N4O. The third-order valence-electron chi connectivity index (χ3n) is 0.682. The number of hydrogen-bond acceptors (Lipinski definition) is 5. The van der Waals surface area contributed by atoms with Gasteiger partial charge < -0.3 is 4.74 Å². The summed E-state index contributed by atoms with van der Waals surface area (Å²) in [6.45, 7) is 0.0873. The van der Waals surface area contributed by atoms with Crippen molar-refractivity contribution >= 4 is 0 Å². The molecule has 0 bridgehead atoms. The third kappa shape index (κ3) is 1.61. The van der Waals surface area contributed by atoms with Gasteiger partial charge in [0, 0.05) is 0 Å². The van der Waals surface area contributed by atoms with Crippen LogP contribution in [0, 0.1) is 0 Å². The summed E-state index contributed by atoms with van der Waals surface area (Å²) in [5.41, 5.74) is 5.04. The Morgan fingerprint density at radius 1 is 1.44 bits per heavy atom. The number of ether oxygens (including phenoxy) is 1. The third-order valence-corrected chi connectivity index (χ3v) is 0.682. The quantitative estimate of drug-likeness (QED) is 0.523. The summed E-state index contributed by atoms with van der Waals surface area (Å²) < 4.78 is 4.72. The van der Waals surface area contributed by atoms with E-state index in [1.54, 1.807) is 0 Å². The highest BCUT2D eigenvalue weighted by Crippen LogP contribution is 1.92. The van der Waals surface area contributed by atoms with E-state index in [9.17, 15) is 0 Å². The zero-order chi connectivity index (χ0) is 6.53. The summed E-state index contributed by atoms with van der Waals surface area (Å²) >= 11 is 0. The van der Waals surface area contributed by atoms with Crippen molar-refractivity contribution in [3.05, 3.63) is 12.7 Å². The Morgan fingerprint density at radius 2 is 2.11 bits per heavy atom. The first-order chi connectivity index (χ1) is 4.43. The van der Waals surface area contributed by atoms with E-state index in [2.05, 4.69) is 15.0 Å². The van der Waals surface area contributed by atoms with E-state index in [1.807, 2.05) is 0 Å². The van der Waals surface area contributed by atoms with Crippen LogP contribution in [0.15, 0.2) is 12.7 Å². The van der Waals surface area contributed by atoms with Gasteiger partial charge in [-0.05, 0) is 0 Å². The first-order valence-corrected chi connectivity index (χ1v) is 2.38. The molecule has 0 amide bonds. The number of aromatic nitrogens is 3. The largest absolute Gasteiger partial charge is 0.448 e. The average molecular weight is 126 g/mol. The molecule has 1 rings (SSSR count). The van der Waals surface area contributed by atoms with E-state index < -0.39 is 0 Å². The second kappa shape index (κ2) is 2.93. The molecule has 0 aromatic carbocycles. The van der Waals surface area contributed by atoms with E-state index in [-0.39, 0.29) is 12.7 Å². The monoisotopic (exact) mass is 126 g/mol. The molecule has 5 nitrogen and oxygen atoms in total. The topological polar surface area (TPSA) is 73.9 Å². The molecule has 0 fully saturated rings. The Kier molecular flexibility index (Phi) is 1.92. The molecule has 48 valence electrons. The lowest BCUT2D eigenvalue weighted by Gasteiger charge is -1.95. The minimum Gasteiger partial charge on any atom is -0.448 e. The fourth-order valence-corrected chi connectivity index (χ4v) is 0.378. The number of nitrogens with zero attached hydrogens (tertiary/aromatic N) is 3. The highest BCUT2D eigenvalue weighted by atomic mass is 16.5. The van der Waals surface area contributed by atoms with E-state index in [1.165, 1.54) is 12.7 Å². The van der Waals surface area contributed by atoms with Gasteiger partial charge in [-0.2, -0.15) is 9.97 Å². The SMILES string of the molecule is NCOc1ncncn1. The van der Waals surface area contributed by atoms with Gasteiger partial charge in [-0.1, -0.05) is 0 Å². The molecule has 1 aromatic rings. The number of hydrogen-bond donors (Lipinski definition) is 1. The van der Waals surface area contributed by atoms with Gasteiger partial charge in [-0.3, -0.25) is 5.73 Å². The van der Waals surface area contributed by atoms with E-state index in [0.717, 1.165) is 0 Å². The molecule has 0 unspecified atom stereocenters. The molecule has 0 radical (unpaired) electrons.